The van der Waals surface area contributed by atoms with E-state index in [0.29, 0.717) is 0 Å². The molecule has 2 nitrogen and oxygen atoms in total. The number of aryl methyl sites for hydroxylation is 5. The van der Waals surface area contributed by atoms with Crippen molar-refractivity contribution in [2.24, 2.45) is 0 Å². The van der Waals surface area contributed by atoms with Gasteiger partial charge in [0.15, 0.2) is 0 Å². The quantitative estimate of drug-likeness (QED) is 0.152. The van der Waals surface area contributed by atoms with Crippen LogP contribution in [0.2, 0.25) is 0 Å². The van der Waals surface area contributed by atoms with Crippen molar-refractivity contribution in [1.82, 2.24) is 9.13 Å². The van der Waals surface area contributed by atoms with E-state index in [1.165, 1.54) is 147 Å². The first-order chi connectivity index (χ1) is 34.3. The zero-order valence-electron chi connectivity index (χ0n) is 40.0. The number of fused-ring (bicyclic) bond motifs is 11. The topological polar surface area (TPSA) is 9.86 Å². The van der Waals surface area contributed by atoms with E-state index in [1.54, 1.807) is 0 Å². The summed E-state index contributed by atoms with van der Waals surface area (Å²) in [6.07, 6.45) is 0. The lowest BCUT2D eigenvalue weighted by atomic mass is 9.20. The van der Waals surface area contributed by atoms with Gasteiger partial charge in [0.05, 0.1) is 22.1 Å². The highest BCUT2D eigenvalue weighted by Crippen LogP contribution is 2.40. The lowest BCUT2D eigenvalue weighted by molar-refractivity contribution is 1.16. The number of thiophene rings is 1. The largest absolute Gasteiger partial charge is 0.309 e. The van der Waals surface area contributed by atoms with Crippen LogP contribution in [0.1, 0.15) is 27.8 Å². The molecule has 0 unspecified atom stereocenters. The van der Waals surface area contributed by atoms with Crippen molar-refractivity contribution >= 4 is 121 Å². The first-order valence-corrected chi connectivity index (χ1v) is 25.5. The fourth-order valence-electron chi connectivity index (χ4n) is 12.9. The Morgan fingerprint density at radius 1 is 0.314 bits per heavy atom. The predicted molar refractivity (Wildman–Crippen MR) is 306 cm³/mol. The molecule has 10 aromatic carbocycles. The van der Waals surface area contributed by atoms with Crippen molar-refractivity contribution in [3.8, 4) is 22.5 Å². The molecular weight excluding hydrogens is 862 g/mol. The van der Waals surface area contributed by atoms with Gasteiger partial charge in [-0.05, 0) is 112 Å². The van der Waals surface area contributed by atoms with Gasteiger partial charge in [0, 0.05) is 53.1 Å². The number of benzene rings is 10. The minimum atomic E-state index is 0.0572. The van der Waals surface area contributed by atoms with Gasteiger partial charge in [-0.25, -0.2) is 0 Å². The van der Waals surface area contributed by atoms with Gasteiger partial charge in [-0.3, -0.25) is 0 Å². The maximum atomic E-state index is 2.55. The van der Waals surface area contributed by atoms with E-state index >= 15 is 0 Å². The van der Waals surface area contributed by atoms with Crippen LogP contribution in [0.5, 0.6) is 0 Å². The smallest absolute Gasteiger partial charge is 0.240 e. The first-order valence-electron chi connectivity index (χ1n) is 24.6. The summed E-state index contributed by atoms with van der Waals surface area (Å²) in [5, 5.41) is 7.70. The minimum absolute atomic E-state index is 0.0572. The molecule has 1 aliphatic heterocycles. The molecule has 0 fully saturated rings. The van der Waals surface area contributed by atoms with Crippen LogP contribution in [0.3, 0.4) is 0 Å². The maximum Gasteiger partial charge on any atom is 0.240 e. The van der Waals surface area contributed by atoms with Crippen molar-refractivity contribution in [2.75, 3.05) is 0 Å². The number of hydrogen-bond donors (Lipinski definition) is 0. The molecule has 3 aromatic heterocycles. The van der Waals surface area contributed by atoms with Crippen molar-refractivity contribution in [3.63, 3.8) is 0 Å². The molecule has 0 bridgehead atoms. The summed E-state index contributed by atoms with van der Waals surface area (Å²) in [7, 11) is 0. The van der Waals surface area contributed by atoms with Crippen LogP contribution in [0.25, 0.3) is 86.3 Å². The first kappa shape index (κ1) is 41.2. The highest BCUT2D eigenvalue weighted by atomic mass is 32.1. The van der Waals surface area contributed by atoms with Gasteiger partial charge < -0.3 is 9.13 Å². The Bertz CT molecular complexity index is 4280. The molecule has 0 saturated carbocycles. The van der Waals surface area contributed by atoms with Crippen LogP contribution in [0.15, 0.2) is 200 Å². The standard InChI is InChI=1S/C65H48B2N2S/c1-39-31-40(2)64(41(3)32-39)67-55-23-13-12-22-54(55)66(56-29-27-45(36-57(56)67)44-28-30-63-53(35-44)50-21-11-16-26-62(50)70-63)65-42(4)33-47(34-43(65)5)69-59-25-15-10-20-49(59)52-37-60-51(38-61(52)69)48-19-9-14-24-58(48)68(60)46-17-7-6-8-18-46/h6-38H,1-5H3. The van der Waals surface area contributed by atoms with Crippen LogP contribution in [-0.4, -0.2) is 22.6 Å². The summed E-state index contributed by atoms with van der Waals surface area (Å²) < 4.78 is 7.62. The number of rotatable bonds is 5. The monoisotopic (exact) mass is 910 g/mol. The molecule has 5 heteroatoms. The summed E-state index contributed by atoms with van der Waals surface area (Å²) in [6, 6.07) is 75.8. The van der Waals surface area contributed by atoms with Crippen molar-refractivity contribution in [2.45, 2.75) is 34.6 Å². The zero-order valence-corrected chi connectivity index (χ0v) is 40.8. The van der Waals surface area contributed by atoms with Crippen molar-refractivity contribution in [1.29, 1.82) is 0 Å². The van der Waals surface area contributed by atoms with Crippen LogP contribution in [0.4, 0.5) is 0 Å². The third-order valence-corrected chi connectivity index (χ3v) is 16.8. The fourth-order valence-corrected chi connectivity index (χ4v) is 14.0. The molecular formula is C65H48B2N2S. The molecule has 0 spiro atoms. The Labute approximate surface area is 413 Å². The van der Waals surface area contributed by atoms with Crippen LogP contribution in [0, 0.1) is 34.6 Å². The Morgan fingerprint density at radius 2 is 0.786 bits per heavy atom. The van der Waals surface area contributed by atoms with E-state index in [2.05, 4.69) is 244 Å². The van der Waals surface area contributed by atoms with Gasteiger partial charge in [-0.15, -0.1) is 11.3 Å². The molecule has 70 heavy (non-hydrogen) atoms. The highest BCUT2D eigenvalue weighted by Gasteiger charge is 2.41. The third kappa shape index (κ3) is 6.07. The van der Waals surface area contributed by atoms with E-state index < -0.39 is 0 Å². The molecule has 1 aliphatic rings. The second-order valence-electron chi connectivity index (χ2n) is 19.9. The van der Waals surface area contributed by atoms with Crippen LogP contribution < -0.4 is 32.8 Å². The summed E-state index contributed by atoms with van der Waals surface area (Å²) in [4.78, 5) is 0. The average Bonchev–Trinajstić information content (AvgIpc) is 4.02. The third-order valence-electron chi connectivity index (χ3n) is 15.7. The molecule has 0 saturated heterocycles. The summed E-state index contributed by atoms with van der Waals surface area (Å²) in [5.74, 6) is 0. The van der Waals surface area contributed by atoms with E-state index in [-0.39, 0.29) is 13.4 Å². The molecule has 4 heterocycles. The molecule has 0 radical (unpaired) electrons. The molecule has 0 aliphatic carbocycles. The molecule has 14 rings (SSSR count). The van der Waals surface area contributed by atoms with Crippen molar-refractivity contribution < 1.29 is 0 Å². The molecule has 0 atom stereocenters. The number of para-hydroxylation sites is 3. The van der Waals surface area contributed by atoms with Gasteiger partial charge in [-0.2, -0.15) is 0 Å². The molecule has 330 valence electrons. The second kappa shape index (κ2) is 15.6. The second-order valence-corrected chi connectivity index (χ2v) is 21.0. The van der Waals surface area contributed by atoms with E-state index in [4.69, 9.17) is 0 Å². The summed E-state index contributed by atoms with van der Waals surface area (Å²) in [6.45, 7) is 11.7. The Balaban J connectivity index is 0.977. The Kier molecular flexibility index (Phi) is 9.16. The number of aromatic nitrogens is 2. The Morgan fingerprint density at radius 3 is 1.43 bits per heavy atom. The SMILES string of the molecule is Cc1cc(C)c(B2c3ccccc3B(c3c(C)cc(-n4c5ccccc5c5cc6c(cc54)c4ccccc4n6-c4ccccc4)cc3C)c3ccc(-c4ccc5sc6ccccc6c5c4)cc32)c(C)c1. The highest BCUT2D eigenvalue weighted by molar-refractivity contribution is 7.25. The molecule has 13 aromatic rings. The van der Waals surface area contributed by atoms with E-state index in [0.717, 1.165) is 0 Å². The summed E-state index contributed by atoms with van der Waals surface area (Å²) in [5.41, 5.74) is 24.8. The van der Waals surface area contributed by atoms with Gasteiger partial charge >= 0.3 is 0 Å². The van der Waals surface area contributed by atoms with Gasteiger partial charge in [0.1, 0.15) is 0 Å². The summed E-state index contributed by atoms with van der Waals surface area (Å²) >= 11 is 1.88. The van der Waals surface area contributed by atoms with E-state index in [1.807, 2.05) is 11.3 Å². The van der Waals surface area contributed by atoms with Crippen molar-refractivity contribution in [3.05, 3.63) is 228 Å². The van der Waals surface area contributed by atoms with Crippen LogP contribution >= 0.6 is 11.3 Å². The van der Waals surface area contributed by atoms with Gasteiger partial charge in [0.25, 0.3) is 0 Å². The maximum absolute atomic E-state index is 2.55. The van der Waals surface area contributed by atoms with Gasteiger partial charge in [0.2, 0.25) is 13.4 Å². The Hall–Kier alpha value is -7.85. The van der Waals surface area contributed by atoms with E-state index in [9.17, 15) is 0 Å². The lowest BCUT2D eigenvalue weighted by Gasteiger charge is -2.35. The predicted octanol–water partition coefficient (Wildman–Crippen LogP) is 12.8. The van der Waals surface area contributed by atoms with Gasteiger partial charge in [-0.1, -0.05) is 194 Å². The minimum Gasteiger partial charge on any atom is -0.309 e. The number of hydrogen-bond acceptors (Lipinski definition) is 1. The number of nitrogens with zero attached hydrogens (tertiary/aromatic N) is 2. The van der Waals surface area contributed by atoms with Crippen LogP contribution in [-0.2, 0) is 0 Å². The zero-order chi connectivity index (χ0) is 46.9. The fraction of sp³-hybridized carbons (Fsp3) is 0.0769. The molecule has 0 N–H and O–H groups in total. The normalized spacial score (nSPS) is 12.6. The average molecular weight is 911 g/mol. The lowest BCUT2D eigenvalue weighted by Crippen LogP contribution is -2.75. The molecule has 0 amide bonds.